The Hall–Kier alpha value is -2.41. The number of hydrogen-bond donors (Lipinski definition) is 2. The van der Waals surface area contributed by atoms with Crippen molar-refractivity contribution in [3.63, 3.8) is 0 Å². The van der Waals surface area contributed by atoms with E-state index < -0.39 is 11.5 Å². The molecule has 7 heteroatoms. The van der Waals surface area contributed by atoms with Crippen LogP contribution in [0.25, 0.3) is 0 Å². The molecule has 1 heterocycles. The number of allylic oxidation sites excluding steroid dienone is 1. The van der Waals surface area contributed by atoms with E-state index in [1.54, 1.807) is 6.92 Å². The van der Waals surface area contributed by atoms with Gasteiger partial charge < -0.3 is 20.3 Å². The van der Waals surface area contributed by atoms with Crippen LogP contribution in [0.2, 0.25) is 0 Å². The van der Waals surface area contributed by atoms with Crippen molar-refractivity contribution < 1.29 is 14.3 Å². The molecule has 1 aromatic carbocycles. The van der Waals surface area contributed by atoms with Crippen LogP contribution < -0.4 is 10.6 Å². The molecule has 0 saturated heterocycles. The van der Waals surface area contributed by atoms with E-state index in [0.717, 1.165) is 11.3 Å². The van der Waals surface area contributed by atoms with Gasteiger partial charge in [0.05, 0.1) is 18.2 Å². The highest BCUT2D eigenvalue weighted by molar-refractivity contribution is 7.80. The molecule has 1 aliphatic heterocycles. The molecule has 1 atom stereocenters. The number of esters is 1. The quantitative estimate of drug-likeness (QED) is 0.576. The molecule has 1 unspecified atom stereocenters. The second kappa shape index (κ2) is 8.73. The van der Waals surface area contributed by atoms with E-state index in [4.69, 9.17) is 17.0 Å². The van der Waals surface area contributed by atoms with E-state index in [2.05, 4.69) is 10.6 Å². The Balaban J connectivity index is 2.45. The van der Waals surface area contributed by atoms with Crippen molar-refractivity contribution in [2.75, 3.05) is 18.5 Å². The molecule has 1 amide bonds. The van der Waals surface area contributed by atoms with Crippen LogP contribution in [0.15, 0.2) is 35.5 Å². The monoisotopic (exact) mass is 403 g/mol. The van der Waals surface area contributed by atoms with Crippen molar-refractivity contribution >= 4 is 34.9 Å². The van der Waals surface area contributed by atoms with Crippen LogP contribution in [-0.4, -0.2) is 35.0 Å². The minimum Gasteiger partial charge on any atom is -0.463 e. The van der Waals surface area contributed by atoms with Gasteiger partial charge in [0.1, 0.15) is 0 Å². The van der Waals surface area contributed by atoms with Gasteiger partial charge in [-0.3, -0.25) is 4.79 Å². The predicted octanol–water partition coefficient (Wildman–Crippen LogP) is 3.76. The van der Waals surface area contributed by atoms with Crippen LogP contribution in [-0.2, 0) is 14.3 Å². The van der Waals surface area contributed by atoms with Crippen LogP contribution in [0.4, 0.5) is 5.69 Å². The van der Waals surface area contributed by atoms with E-state index in [1.165, 1.54) is 0 Å². The van der Waals surface area contributed by atoms with E-state index in [-0.39, 0.29) is 11.9 Å². The first-order valence-electron chi connectivity index (χ1n) is 9.47. The van der Waals surface area contributed by atoms with Gasteiger partial charge in [0, 0.05) is 23.3 Å². The Kier molecular flexibility index (Phi) is 6.82. The molecule has 28 heavy (non-hydrogen) atoms. The Morgan fingerprint density at radius 2 is 1.96 bits per heavy atom. The SMILES string of the molecule is CCOC(=O)C1=C(C)N(CC)C(=S)NC1c1cccc(NC(=O)C(C)(C)C)c1. The van der Waals surface area contributed by atoms with E-state index in [0.29, 0.717) is 29.5 Å². The van der Waals surface area contributed by atoms with Crippen LogP contribution in [0, 0.1) is 5.41 Å². The first-order chi connectivity index (χ1) is 13.1. The number of carbonyl (C=O) groups excluding carboxylic acids is 2. The summed E-state index contributed by atoms with van der Waals surface area (Å²) in [5.41, 5.74) is 2.29. The fraction of sp³-hybridized carbons (Fsp3) is 0.476. The molecule has 0 bridgehead atoms. The van der Waals surface area contributed by atoms with Crippen molar-refractivity contribution in [1.82, 2.24) is 10.2 Å². The maximum Gasteiger partial charge on any atom is 0.338 e. The third kappa shape index (κ3) is 4.70. The zero-order chi connectivity index (χ0) is 21.1. The van der Waals surface area contributed by atoms with E-state index in [1.807, 2.05) is 63.8 Å². The number of thiocarbonyl (C=S) groups is 1. The molecule has 0 fully saturated rings. The summed E-state index contributed by atoms with van der Waals surface area (Å²) < 4.78 is 5.29. The second-order valence-corrected chi connectivity index (χ2v) is 8.06. The summed E-state index contributed by atoms with van der Waals surface area (Å²) in [6.45, 7) is 12.1. The van der Waals surface area contributed by atoms with Gasteiger partial charge in [-0.25, -0.2) is 4.79 Å². The van der Waals surface area contributed by atoms with Gasteiger partial charge in [-0.1, -0.05) is 32.9 Å². The zero-order valence-corrected chi connectivity index (χ0v) is 18.2. The lowest BCUT2D eigenvalue weighted by Crippen LogP contribution is -2.47. The zero-order valence-electron chi connectivity index (χ0n) is 17.4. The number of amides is 1. The second-order valence-electron chi connectivity index (χ2n) is 7.68. The minimum atomic E-state index is -0.505. The Labute approximate surface area is 172 Å². The molecule has 0 saturated carbocycles. The highest BCUT2D eigenvalue weighted by Crippen LogP contribution is 2.32. The van der Waals surface area contributed by atoms with Gasteiger partial charge in [-0.2, -0.15) is 0 Å². The lowest BCUT2D eigenvalue weighted by Gasteiger charge is -2.37. The molecule has 6 nitrogen and oxygen atoms in total. The Morgan fingerprint density at radius 1 is 1.29 bits per heavy atom. The largest absolute Gasteiger partial charge is 0.463 e. The number of hydrogen-bond acceptors (Lipinski definition) is 4. The minimum absolute atomic E-state index is 0.0775. The molecule has 152 valence electrons. The first-order valence-corrected chi connectivity index (χ1v) is 9.88. The lowest BCUT2D eigenvalue weighted by atomic mass is 9.93. The molecule has 2 N–H and O–H groups in total. The van der Waals surface area contributed by atoms with Gasteiger partial charge in [0.2, 0.25) is 5.91 Å². The summed E-state index contributed by atoms with van der Waals surface area (Å²) in [6, 6.07) is 7.00. The van der Waals surface area contributed by atoms with E-state index >= 15 is 0 Å². The van der Waals surface area contributed by atoms with Crippen LogP contribution in [0.3, 0.4) is 0 Å². The van der Waals surface area contributed by atoms with Gasteiger partial charge in [-0.05, 0) is 50.7 Å². The molecule has 0 spiro atoms. The fourth-order valence-corrected chi connectivity index (χ4v) is 3.38. The summed E-state index contributed by atoms with van der Waals surface area (Å²) in [5.74, 6) is -0.450. The number of nitrogens with zero attached hydrogens (tertiary/aromatic N) is 1. The van der Waals surface area contributed by atoms with Crippen molar-refractivity contribution in [2.45, 2.75) is 47.6 Å². The van der Waals surface area contributed by atoms with Gasteiger partial charge in [0.15, 0.2) is 5.11 Å². The van der Waals surface area contributed by atoms with Gasteiger partial charge in [0.25, 0.3) is 0 Å². The first kappa shape index (κ1) is 21.9. The van der Waals surface area contributed by atoms with Crippen LogP contribution in [0.5, 0.6) is 0 Å². The summed E-state index contributed by atoms with van der Waals surface area (Å²) in [4.78, 5) is 26.9. The molecule has 1 aromatic rings. The number of carbonyl (C=O) groups is 2. The molecule has 0 radical (unpaired) electrons. The number of nitrogens with one attached hydrogen (secondary N) is 2. The van der Waals surface area contributed by atoms with Crippen LogP contribution in [0.1, 0.15) is 53.1 Å². The third-order valence-electron chi connectivity index (χ3n) is 4.57. The number of ether oxygens (including phenoxy) is 1. The summed E-state index contributed by atoms with van der Waals surface area (Å²) in [6.07, 6.45) is 0. The fourth-order valence-electron chi connectivity index (χ4n) is 3.00. The third-order valence-corrected chi connectivity index (χ3v) is 4.91. The maximum atomic E-state index is 12.7. The molecular formula is C21H29N3O3S. The summed E-state index contributed by atoms with van der Waals surface area (Å²) in [7, 11) is 0. The van der Waals surface area contributed by atoms with Crippen molar-refractivity contribution in [1.29, 1.82) is 0 Å². The van der Waals surface area contributed by atoms with Gasteiger partial charge in [-0.15, -0.1) is 0 Å². The highest BCUT2D eigenvalue weighted by atomic mass is 32.1. The van der Waals surface area contributed by atoms with Crippen molar-refractivity contribution in [3.05, 3.63) is 41.1 Å². The summed E-state index contributed by atoms with van der Waals surface area (Å²) in [5, 5.41) is 6.74. The molecule has 1 aliphatic rings. The molecule has 2 rings (SSSR count). The molecule has 0 aromatic heterocycles. The highest BCUT2D eigenvalue weighted by Gasteiger charge is 2.34. The van der Waals surface area contributed by atoms with Crippen LogP contribution >= 0.6 is 12.2 Å². The van der Waals surface area contributed by atoms with Crippen molar-refractivity contribution in [3.8, 4) is 0 Å². The average molecular weight is 404 g/mol. The molecule has 0 aliphatic carbocycles. The molecular weight excluding hydrogens is 374 g/mol. The van der Waals surface area contributed by atoms with E-state index in [9.17, 15) is 9.59 Å². The Bertz CT molecular complexity index is 811. The standard InChI is InChI=1S/C21H29N3O3S/c1-7-24-13(3)16(18(25)27-8-2)17(23-20(24)28)14-10-9-11-15(12-14)22-19(26)21(4,5)6/h9-12,17H,7-8H2,1-6H3,(H,22,26)(H,23,28). The number of anilines is 1. The summed E-state index contributed by atoms with van der Waals surface area (Å²) >= 11 is 5.49. The number of rotatable bonds is 5. The lowest BCUT2D eigenvalue weighted by molar-refractivity contribution is -0.139. The average Bonchev–Trinajstić information content (AvgIpc) is 2.61. The smallest absolute Gasteiger partial charge is 0.338 e. The predicted molar refractivity (Wildman–Crippen MR) is 115 cm³/mol. The van der Waals surface area contributed by atoms with Crippen molar-refractivity contribution in [2.24, 2.45) is 5.41 Å². The maximum absolute atomic E-state index is 12.7. The number of benzene rings is 1. The topological polar surface area (TPSA) is 70.7 Å². The van der Waals surface area contributed by atoms with Gasteiger partial charge >= 0.3 is 5.97 Å². The normalized spacial score (nSPS) is 17.3. The Morgan fingerprint density at radius 3 is 2.54 bits per heavy atom.